The molecule has 0 aliphatic carbocycles. The van der Waals surface area contributed by atoms with Gasteiger partial charge in [-0.1, -0.05) is 61.5 Å². The van der Waals surface area contributed by atoms with Gasteiger partial charge in [-0.25, -0.2) is 4.79 Å². The largest absolute Gasteiger partial charge is 0.355 e. The van der Waals surface area contributed by atoms with Crippen LogP contribution in [0.5, 0.6) is 0 Å². The zero-order valence-electron chi connectivity index (χ0n) is 19.8. The Labute approximate surface area is 201 Å². The molecule has 4 amide bonds. The van der Waals surface area contributed by atoms with Gasteiger partial charge in [0.25, 0.3) is 0 Å². The summed E-state index contributed by atoms with van der Waals surface area (Å²) in [6.45, 7) is 4.04. The first-order valence-electron chi connectivity index (χ1n) is 12.2. The lowest BCUT2D eigenvalue weighted by Gasteiger charge is -2.41. The predicted octanol–water partition coefficient (Wildman–Crippen LogP) is 2.44. The quantitative estimate of drug-likeness (QED) is 0.563. The van der Waals surface area contributed by atoms with Crippen molar-refractivity contribution in [1.29, 1.82) is 0 Å². The van der Waals surface area contributed by atoms with Crippen LogP contribution in [0.15, 0.2) is 54.6 Å². The third kappa shape index (κ3) is 5.58. The summed E-state index contributed by atoms with van der Waals surface area (Å²) in [5, 5.41) is 8.49. The molecule has 2 saturated heterocycles. The van der Waals surface area contributed by atoms with Crippen molar-refractivity contribution < 1.29 is 14.4 Å². The topological polar surface area (TPSA) is 90.5 Å². The van der Waals surface area contributed by atoms with Gasteiger partial charge in [0, 0.05) is 26.2 Å². The molecule has 0 spiro atoms. The lowest BCUT2D eigenvalue weighted by atomic mass is 9.72. The van der Waals surface area contributed by atoms with Crippen LogP contribution in [-0.2, 0) is 28.9 Å². The SMILES string of the molecule is CCc1ccc(CCNC(=O)C2(Cc3ccccc3)CCN(C(=O)C3CNC(=O)N3)CC2)cc1. The third-order valence-corrected chi connectivity index (χ3v) is 7.10. The van der Waals surface area contributed by atoms with Crippen LogP contribution in [0, 0.1) is 5.41 Å². The summed E-state index contributed by atoms with van der Waals surface area (Å²) < 4.78 is 0. The molecular formula is C27H34N4O3. The zero-order valence-corrected chi connectivity index (χ0v) is 19.8. The summed E-state index contributed by atoms with van der Waals surface area (Å²) >= 11 is 0. The number of hydrogen-bond donors (Lipinski definition) is 3. The molecule has 2 aromatic rings. The average Bonchev–Trinajstić information content (AvgIpc) is 3.31. The highest BCUT2D eigenvalue weighted by molar-refractivity contribution is 5.90. The van der Waals surface area contributed by atoms with Crippen molar-refractivity contribution in [3.63, 3.8) is 0 Å². The van der Waals surface area contributed by atoms with Crippen molar-refractivity contribution in [3.05, 3.63) is 71.3 Å². The van der Waals surface area contributed by atoms with E-state index in [2.05, 4.69) is 59.3 Å². The van der Waals surface area contributed by atoms with Crippen LogP contribution in [-0.4, -0.2) is 55.0 Å². The monoisotopic (exact) mass is 462 g/mol. The number of likely N-dealkylation sites (tertiary alicyclic amines) is 1. The number of nitrogens with zero attached hydrogens (tertiary/aromatic N) is 1. The second-order valence-electron chi connectivity index (χ2n) is 9.35. The van der Waals surface area contributed by atoms with Crippen molar-refractivity contribution in [1.82, 2.24) is 20.9 Å². The maximum atomic E-state index is 13.5. The summed E-state index contributed by atoms with van der Waals surface area (Å²) in [6, 6.07) is 17.8. The molecule has 7 heteroatoms. The van der Waals surface area contributed by atoms with E-state index in [-0.39, 0.29) is 17.8 Å². The Hall–Kier alpha value is -3.35. The molecule has 1 unspecified atom stereocenters. The van der Waals surface area contributed by atoms with Gasteiger partial charge < -0.3 is 20.9 Å². The van der Waals surface area contributed by atoms with Gasteiger partial charge >= 0.3 is 6.03 Å². The Bertz CT molecular complexity index is 998. The number of carbonyl (C=O) groups is 3. The Balaban J connectivity index is 1.39. The first kappa shape index (κ1) is 23.8. The Morgan fingerprint density at radius 3 is 2.29 bits per heavy atom. The number of urea groups is 1. The van der Waals surface area contributed by atoms with Crippen molar-refractivity contribution in [2.24, 2.45) is 5.41 Å². The Kier molecular flexibility index (Phi) is 7.50. The van der Waals surface area contributed by atoms with Gasteiger partial charge in [0.15, 0.2) is 0 Å². The van der Waals surface area contributed by atoms with E-state index in [0.29, 0.717) is 45.4 Å². The van der Waals surface area contributed by atoms with Crippen LogP contribution in [0.4, 0.5) is 4.79 Å². The number of nitrogens with one attached hydrogen (secondary N) is 3. The molecule has 0 aromatic heterocycles. The molecule has 3 N–H and O–H groups in total. The lowest BCUT2D eigenvalue weighted by molar-refractivity contribution is -0.141. The number of aryl methyl sites for hydroxylation is 1. The van der Waals surface area contributed by atoms with Crippen LogP contribution in [0.2, 0.25) is 0 Å². The normalized spacial score (nSPS) is 19.3. The molecule has 2 aliphatic heterocycles. The molecule has 2 aliphatic rings. The fourth-order valence-corrected chi connectivity index (χ4v) is 4.90. The van der Waals surface area contributed by atoms with E-state index in [1.807, 2.05) is 18.2 Å². The summed E-state index contributed by atoms with van der Waals surface area (Å²) in [6.07, 6.45) is 3.64. The average molecular weight is 463 g/mol. The van der Waals surface area contributed by atoms with E-state index in [1.54, 1.807) is 4.90 Å². The number of benzene rings is 2. The summed E-state index contributed by atoms with van der Waals surface area (Å²) in [5.41, 5.74) is 3.09. The highest BCUT2D eigenvalue weighted by atomic mass is 16.2. The molecule has 34 heavy (non-hydrogen) atoms. The number of piperidine rings is 1. The predicted molar refractivity (Wildman–Crippen MR) is 131 cm³/mol. The van der Waals surface area contributed by atoms with Crippen LogP contribution in [0.1, 0.15) is 36.5 Å². The maximum Gasteiger partial charge on any atom is 0.315 e. The van der Waals surface area contributed by atoms with Crippen molar-refractivity contribution in [2.45, 2.75) is 45.1 Å². The van der Waals surface area contributed by atoms with Gasteiger partial charge in [0.2, 0.25) is 11.8 Å². The second-order valence-corrected chi connectivity index (χ2v) is 9.35. The maximum absolute atomic E-state index is 13.5. The van der Waals surface area contributed by atoms with Gasteiger partial charge in [0.05, 0.1) is 5.41 Å². The Morgan fingerprint density at radius 1 is 1.00 bits per heavy atom. The molecule has 7 nitrogen and oxygen atoms in total. The van der Waals surface area contributed by atoms with Crippen molar-refractivity contribution in [3.8, 4) is 0 Å². The van der Waals surface area contributed by atoms with Gasteiger partial charge in [-0.05, 0) is 48.8 Å². The number of amides is 4. The van der Waals surface area contributed by atoms with Crippen LogP contribution in [0.3, 0.4) is 0 Å². The molecule has 0 bridgehead atoms. The molecule has 2 heterocycles. The summed E-state index contributed by atoms with van der Waals surface area (Å²) in [7, 11) is 0. The van der Waals surface area contributed by atoms with E-state index >= 15 is 0 Å². The van der Waals surface area contributed by atoms with Crippen LogP contribution >= 0.6 is 0 Å². The molecule has 0 saturated carbocycles. The first-order chi connectivity index (χ1) is 16.5. The van der Waals surface area contributed by atoms with E-state index < -0.39 is 11.5 Å². The molecule has 2 fully saturated rings. The van der Waals surface area contributed by atoms with Crippen molar-refractivity contribution >= 4 is 17.8 Å². The van der Waals surface area contributed by atoms with E-state index in [9.17, 15) is 14.4 Å². The molecule has 0 radical (unpaired) electrons. The smallest absolute Gasteiger partial charge is 0.315 e. The number of hydrogen-bond acceptors (Lipinski definition) is 3. The van der Waals surface area contributed by atoms with Gasteiger partial charge in [-0.15, -0.1) is 0 Å². The van der Waals surface area contributed by atoms with E-state index in [4.69, 9.17) is 0 Å². The van der Waals surface area contributed by atoms with E-state index in [0.717, 1.165) is 18.4 Å². The fraction of sp³-hybridized carbons (Fsp3) is 0.444. The lowest BCUT2D eigenvalue weighted by Crippen LogP contribution is -2.54. The first-order valence-corrected chi connectivity index (χ1v) is 12.2. The molecule has 1 atom stereocenters. The minimum Gasteiger partial charge on any atom is -0.355 e. The standard InChI is InChI=1S/C27H34N4O3/c1-2-20-8-10-21(11-9-20)12-15-28-25(33)27(18-22-6-4-3-5-7-22)13-16-31(17-14-27)24(32)23-19-29-26(34)30-23/h3-11,23H,2,12-19H2,1H3,(H,28,33)(H2,29,30,34). The highest BCUT2D eigenvalue weighted by Gasteiger charge is 2.43. The minimum atomic E-state index is -0.554. The molecule has 4 rings (SSSR count). The molecule has 180 valence electrons. The van der Waals surface area contributed by atoms with Gasteiger partial charge in [0.1, 0.15) is 6.04 Å². The fourth-order valence-electron chi connectivity index (χ4n) is 4.90. The highest BCUT2D eigenvalue weighted by Crippen LogP contribution is 2.36. The second kappa shape index (κ2) is 10.7. The molecule has 2 aromatic carbocycles. The minimum absolute atomic E-state index is 0.0597. The van der Waals surface area contributed by atoms with E-state index in [1.165, 1.54) is 11.1 Å². The number of rotatable bonds is 8. The van der Waals surface area contributed by atoms with Gasteiger partial charge in [-0.3, -0.25) is 9.59 Å². The third-order valence-electron chi connectivity index (χ3n) is 7.10. The zero-order chi connectivity index (χ0) is 24.0. The summed E-state index contributed by atoms with van der Waals surface area (Å²) in [5.74, 6) is -0.0212. The van der Waals surface area contributed by atoms with Gasteiger partial charge in [-0.2, -0.15) is 0 Å². The number of carbonyl (C=O) groups excluding carboxylic acids is 3. The van der Waals surface area contributed by atoms with Crippen LogP contribution < -0.4 is 16.0 Å². The Morgan fingerprint density at radius 2 is 1.68 bits per heavy atom. The van der Waals surface area contributed by atoms with Crippen LogP contribution in [0.25, 0.3) is 0 Å². The van der Waals surface area contributed by atoms with Crippen molar-refractivity contribution in [2.75, 3.05) is 26.2 Å². The summed E-state index contributed by atoms with van der Waals surface area (Å²) in [4.78, 5) is 39.5. The molecular weight excluding hydrogens is 428 g/mol.